The summed E-state index contributed by atoms with van der Waals surface area (Å²) in [5, 5.41) is 20.3. The van der Waals surface area contributed by atoms with E-state index in [1.165, 1.54) is 6.07 Å². The van der Waals surface area contributed by atoms with E-state index in [0.29, 0.717) is 31.0 Å². The third-order valence-electron chi connectivity index (χ3n) is 7.49. The number of quaternary nitrogens is 1. The molecule has 1 saturated heterocycles. The third kappa shape index (κ3) is 3.74. The van der Waals surface area contributed by atoms with Crippen molar-refractivity contribution in [3.63, 3.8) is 0 Å². The van der Waals surface area contributed by atoms with Gasteiger partial charge in [-0.25, -0.2) is 10.0 Å². The van der Waals surface area contributed by atoms with E-state index in [1.54, 1.807) is 27.7 Å². The normalized spacial score (nSPS) is 21.5. The van der Waals surface area contributed by atoms with Crippen LogP contribution in [0.25, 0.3) is 11.0 Å². The predicted octanol–water partition coefficient (Wildman–Crippen LogP) is 0.872. The smallest absolute Gasteiger partial charge is 0.339 e. The highest BCUT2D eigenvalue weighted by atomic mass is 16.8. The number of nitrogens with one attached hydrogen (secondary N) is 1. The van der Waals surface area contributed by atoms with Crippen molar-refractivity contribution < 1.29 is 24.4 Å². The zero-order valence-corrected chi connectivity index (χ0v) is 19.0. The van der Waals surface area contributed by atoms with Gasteiger partial charge in [0.15, 0.2) is 6.61 Å². The Labute approximate surface area is 199 Å². The number of nitrogens with zero attached hydrogens (tertiary/aromatic N) is 2. The molecule has 182 valence electrons. The molecule has 1 fully saturated rings. The standard InChI is InChI=1S/C25H25N3O7/c29-23(13-34-16-4-5-18-17-2-1-3-19(17)25(31)35-22(18)9-16)26-10-14-8-15(12-26)20-6-7-21(28(32)33)24(30)27(20)11-14/h4-7,9,14-15,28,32H,1-3,8,10-13H2/t14-,15-/m0/s1. The molecular formula is C25H25N3O7. The minimum atomic E-state index is -1.23. The molecule has 2 N–H and O–H groups in total. The number of hydrogen-bond acceptors (Lipinski definition) is 7. The van der Waals surface area contributed by atoms with Gasteiger partial charge in [-0.2, -0.15) is 5.23 Å². The van der Waals surface area contributed by atoms with Crippen LogP contribution >= 0.6 is 0 Å². The summed E-state index contributed by atoms with van der Waals surface area (Å²) < 4.78 is 12.8. The zero-order chi connectivity index (χ0) is 24.3. The predicted molar refractivity (Wildman–Crippen MR) is 124 cm³/mol. The first-order valence-corrected chi connectivity index (χ1v) is 11.8. The van der Waals surface area contributed by atoms with E-state index in [-0.39, 0.29) is 35.7 Å². The molecule has 1 unspecified atom stereocenters. The molecule has 3 aliphatic rings. The van der Waals surface area contributed by atoms with Crippen molar-refractivity contribution in [2.75, 3.05) is 19.7 Å². The quantitative estimate of drug-likeness (QED) is 0.420. The molecule has 3 atom stereocenters. The van der Waals surface area contributed by atoms with E-state index >= 15 is 0 Å². The number of pyridine rings is 1. The summed E-state index contributed by atoms with van der Waals surface area (Å²) in [6, 6.07) is 8.38. The molecule has 2 aromatic heterocycles. The van der Waals surface area contributed by atoms with Crippen molar-refractivity contribution in [2.24, 2.45) is 5.92 Å². The number of benzene rings is 1. The second-order valence-electron chi connectivity index (χ2n) is 9.64. The van der Waals surface area contributed by atoms with Gasteiger partial charge in [0.25, 0.3) is 5.91 Å². The molecule has 1 aromatic carbocycles. The van der Waals surface area contributed by atoms with Gasteiger partial charge in [0.1, 0.15) is 11.3 Å². The van der Waals surface area contributed by atoms with Gasteiger partial charge in [0.05, 0.1) is 0 Å². The van der Waals surface area contributed by atoms with Crippen LogP contribution in [0.15, 0.2) is 44.3 Å². The number of likely N-dealkylation sites (tertiary alicyclic amines) is 1. The summed E-state index contributed by atoms with van der Waals surface area (Å²) in [5.74, 6) is 0.346. The van der Waals surface area contributed by atoms with Gasteiger partial charge >= 0.3 is 11.2 Å². The maximum atomic E-state index is 13.0. The van der Waals surface area contributed by atoms with Crippen LogP contribution in [0.5, 0.6) is 5.75 Å². The van der Waals surface area contributed by atoms with Gasteiger partial charge in [0.2, 0.25) is 5.69 Å². The average molecular weight is 479 g/mol. The van der Waals surface area contributed by atoms with Crippen LogP contribution in [-0.2, 0) is 24.2 Å². The average Bonchev–Trinajstić information content (AvgIpc) is 3.34. The minimum absolute atomic E-state index is 0.0287. The number of piperidine rings is 1. The van der Waals surface area contributed by atoms with Crippen molar-refractivity contribution in [3.05, 3.63) is 73.1 Å². The Balaban J connectivity index is 1.17. The number of rotatable bonds is 4. The molecular weight excluding hydrogens is 454 g/mol. The highest BCUT2D eigenvalue weighted by Gasteiger charge is 2.37. The molecule has 10 nitrogen and oxygen atoms in total. The fourth-order valence-corrected chi connectivity index (χ4v) is 5.90. The summed E-state index contributed by atoms with van der Waals surface area (Å²) in [5.41, 5.74) is 2.04. The molecule has 1 aliphatic carbocycles. The van der Waals surface area contributed by atoms with Gasteiger partial charge in [-0.1, -0.05) is 0 Å². The molecule has 10 heteroatoms. The maximum absolute atomic E-state index is 13.0. The van der Waals surface area contributed by atoms with Crippen molar-refractivity contribution in [1.82, 2.24) is 9.47 Å². The van der Waals surface area contributed by atoms with Gasteiger partial charge < -0.3 is 23.8 Å². The molecule has 2 bridgehead atoms. The molecule has 3 aromatic rings. The number of carbonyl (C=O) groups is 1. The monoisotopic (exact) mass is 479 g/mol. The number of aromatic nitrogens is 1. The lowest BCUT2D eigenvalue weighted by molar-refractivity contribution is -0.992. The second-order valence-corrected chi connectivity index (χ2v) is 9.64. The Morgan fingerprint density at radius 2 is 1.97 bits per heavy atom. The molecule has 6 rings (SSSR count). The summed E-state index contributed by atoms with van der Waals surface area (Å²) >= 11 is 0. The van der Waals surface area contributed by atoms with Crippen LogP contribution in [0.4, 0.5) is 5.69 Å². The van der Waals surface area contributed by atoms with E-state index in [1.807, 2.05) is 6.07 Å². The van der Waals surface area contributed by atoms with Crippen LogP contribution in [0, 0.1) is 11.1 Å². The summed E-state index contributed by atoms with van der Waals surface area (Å²) in [6.07, 6.45) is 3.41. The first-order valence-electron chi connectivity index (χ1n) is 11.8. The zero-order valence-electron chi connectivity index (χ0n) is 19.0. The van der Waals surface area contributed by atoms with Crippen molar-refractivity contribution in [1.29, 1.82) is 0 Å². The Hall–Kier alpha value is -3.47. The molecule has 0 spiro atoms. The second kappa shape index (κ2) is 8.33. The van der Waals surface area contributed by atoms with E-state index in [2.05, 4.69) is 0 Å². The molecule has 4 heterocycles. The van der Waals surface area contributed by atoms with E-state index in [4.69, 9.17) is 9.15 Å². The Morgan fingerprint density at radius 1 is 1.14 bits per heavy atom. The molecule has 35 heavy (non-hydrogen) atoms. The SMILES string of the molecule is O=C(COc1ccc2c3c(c(=O)oc2c1)CCC3)N1C[C@@H]2C[C@@H](C1)c1ccc([NH+]([O-])O)c(=O)n1C2. The molecule has 0 saturated carbocycles. The fraction of sp³-hybridized carbons (Fsp3) is 0.400. The number of amides is 1. The lowest BCUT2D eigenvalue weighted by Crippen LogP contribution is -3.00. The Kier molecular flexibility index (Phi) is 5.24. The van der Waals surface area contributed by atoms with Crippen LogP contribution in [0.3, 0.4) is 0 Å². The van der Waals surface area contributed by atoms with Gasteiger partial charge in [-0.05, 0) is 55.4 Å². The minimum Gasteiger partial charge on any atom is -0.595 e. The Morgan fingerprint density at radius 3 is 2.80 bits per heavy atom. The van der Waals surface area contributed by atoms with Gasteiger partial charge in [-0.3, -0.25) is 9.59 Å². The van der Waals surface area contributed by atoms with Crippen LogP contribution in [0.1, 0.15) is 35.6 Å². The molecule has 0 radical (unpaired) electrons. The third-order valence-corrected chi connectivity index (χ3v) is 7.49. The van der Waals surface area contributed by atoms with E-state index in [9.17, 15) is 24.8 Å². The maximum Gasteiger partial charge on any atom is 0.339 e. The molecule has 1 amide bonds. The van der Waals surface area contributed by atoms with Crippen molar-refractivity contribution in [3.8, 4) is 5.75 Å². The van der Waals surface area contributed by atoms with Crippen LogP contribution in [0.2, 0.25) is 0 Å². The first-order chi connectivity index (χ1) is 16.9. The molecule has 2 aliphatic heterocycles. The fourth-order valence-electron chi connectivity index (χ4n) is 5.90. The summed E-state index contributed by atoms with van der Waals surface area (Å²) in [7, 11) is 0. The summed E-state index contributed by atoms with van der Waals surface area (Å²) in [6.45, 7) is 1.18. The number of carbonyl (C=O) groups excluding carboxylic acids is 1. The van der Waals surface area contributed by atoms with Gasteiger partial charge in [0, 0.05) is 54.3 Å². The van der Waals surface area contributed by atoms with E-state index < -0.39 is 10.8 Å². The highest BCUT2D eigenvalue weighted by molar-refractivity contribution is 5.83. The number of aryl methyl sites for hydroxylation is 1. The largest absolute Gasteiger partial charge is 0.595 e. The number of ether oxygens (including phenoxy) is 1. The first kappa shape index (κ1) is 22.0. The highest BCUT2D eigenvalue weighted by Crippen LogP contribution is 2.35. The van der Waals surface area contributed by atoms with Gasteiger partial charge in [-0.15, -0.1) is 0 Å². The lowest BCUT2D eigenvalue weighted by atomic mass is 9.83. The topological polar surface area (TPSA) is 129 Å². The van der Waals surface area contributed by atoms with Crippen molar-refractivity contribution in [2.45, 2.75) is 38.1 Å². The number of fused-ring (bicyclic) bond motifs is 7. The van der Waals surface area contributed by atoms with Crippen LogP contribution in [-0.4, -0.2) is 40.3 Å². The number of hydrogen-bond donors (Lipinski definition) is 2. The van der Waals surface area contributed by atoms with E-state index in [0.717, 1.165) is 47.9 Å². The Bertz CT molecular complexity index is 1460. The lowest BCUT2D eigenvalue weighted by Gasteiger charge is -2.42. The van der Waals surface area contributed by atoms with Crippen LogP contribution < -0.4 is 21.1 Å². The summed E-state index contributed by atoms with van der Waals surface area (Å²) in [4.78, 5) is 39.6. The van der Waals surface area contributed by atoms with Crippen molar-refractivity contribution >= 4 is 22.6 Å².